The van der Waals surface area contributed by atoms with E-state index in [0.717, 1.165) is 0 Å². The van der Waals surface area contributed by atoms with Crippen molar-refractivity contribution < 1.29 is 18.0 Å². The lowest BCUT2D eigenvalue weighted by Crippen LogP contribution is -2.32. The fourth-order valence-electron chi connectivity index (χ4n) is 2.38. The minimum absolute atomic E-state index is 0.101. The fraction of sp³-hybridized carbons (Fsp3) is 0.238. The van der Waals surface area contributed by atoms with E-state index < -0.39 is 10.0 Å². The predicted octanol–water partition coefficient (Wildman–Crippen LogP) is 3.32. The highest BCUT2D eigenvalue weighted by Crippen LogP contribution is 2.16. The van der Waals surface area contributed by atoms with Crippen LogP contribution in [0, 0.1) is 0 Å². The Morgan fingerprint density at radius 2 is 1.57 bits per heavy atom. The molecular weight excluding hydrogens is 404 g/mol. The first-order valence-electron chi connectivity index (χ1n) is 9.44. The Morgan fingerprint density at radius 3 is 2.10 bits per heavy atom. The average Bonchev–Trinajstić information content (AvgIpc) is 2.73. The summed E-state index contributed by atoms with van der Waals surface area (Å²) < 4.78 is 27.2. The molecule has 0 bridgehead atoms. The highest BCUT2D eigenvalue weighted by atomic mass is 32.2. The number of carbonyl (C=O) groups excluding carboxylic acids is 2. The van der Waals surface area contributed by atoms with Crippen molar-refractivity contribution >= 4 is 33.3 Å². The fourth-order valence-corrected chi connectivity index (χ4v) is 3.71. The summed E-state index contributed by atoms with van der Waals surface area (Å²) >= 11 is 0. The second-order valence-electron chi connectivity index (χ2n) is 6.61. The molecule has 1 atom stereocenters. The monoisotopic (exact) mass is 430 g/mol. The first kappa shape index (κ1) is 23.1. The molecule has 0 spiro atoms. The van der Waals surface area contributed by atoms with Crippen molar-refractivity contribution in [3.05, 3.63) is 66.7 Å². The number of benzene rings is 2. The van der Waals surface area contributed by atoms with Gasteiger partial charge in [0.2, 0.25) is 10.0 Å². The van der Waals surface area contributed by atoms with E-state index in [4.69, 9.17) is 0 Å². The summed E-state index contributed by atoms with van der Waals surface area (Å²) in [5, 5.41) is 7.97. The van der Waals surface area contributed by atoms with Crippen LogP contribution >= 0.6 is 0 Å². The third-order valence-electron chi connectivity index (χ3n) is 4.20. The molecule has 0 aliphatic rings. The third-order valence-corrected chi connectivity index (χ3v) is 5.81. The van der Waals surface area contributed by atoms with Gasteiger partial charge in [-0.1, -0.05) is 13.0 Å². The Kier molecular flexibility index (Phi) is 8.14. The molecule has 1 unspecified atom stereocenters. The van der Waals surface area contributed by atoms with Crippen molar-refractivity contribution in [2.45, 2.75) is 31.2 Å². The highest BCUT2D eigenvalue weighted by molar-refractivity contribution is 7.89. The lowest BCUT2D eigenvalue weighted by Gasteiger charge is -2.12. The van der Waals surface area contributed by atoms with E-state index in [0.29, 0.717) is 29.9 Å². The number of nitrogens with one attached hydrogen (secondary N) is 4. The molecule has 0 aromatic heterocycles. The van der Waals surface area contributed by atoms with Crippen LogP contribution in [0.15, 0.2) is 66.1 Å². The Balaban J connectivity index is 1.99. The van der Waals surface area contributed by atoms with E-state index in [1.54, 1.807) is 37.3 Å². The second kappa shape index (κ2) is 10.6. The molecule has 0 aliphatic heterocycles. The molecule has 0 fully saturated rings. The molecule has 3 amide bonds. The quantitative estimate of drug-likeness (QED) is 0.457. The minimum Gasteiger partial charge on any atom is -0.334 e. The SMILES string of the molecule is C=CCNC(=O)Nc1ccc(NC(=O)c2ccc(S(=O)(=O)NC(C)CC)cc2)cc1. The number of rotatable bonds is 9. The van der Waals surface area contributed by atoms with Gasteiger partial charge in [0.15, 0.2) is 0 Å². The summed E-state index contributed by atoms with van der Waals surface area (Å²) in [6, 6.07) is 11.8. The van der Waals surface area contributed by atoms with Crippen LogP contribution in [0.4, 0.5) is 16.2 Å². The smallest absolute Gasteiger partial charge is 0.319 e. The maximum atomic E-state index is 12.4. The van der Waals surface area contributed by atoms with E-state index in [-0.39, 0.29) is 22.9 Å². The van der Waals surface area contributed by atoms with E-state index >= 15 is 0 Å². The molecule has 30 heavy (non-hydrogen) atoms. The van der Waals surface area contributed by atoms with Crippen molar-refractivity contribution in [1.82, 2.24) is 10.0 Å². The minimum atomic E-state index is -3.62. The summed E-state index contributed by atoms with van der Waals surface area (Å²) in [5.74, 6) is -0.377. The molecule has 160 valence electrons. The maximum Gasteiger partial charge on any atom is 0.319 e. The molecule has 9 heteroatoms. The summed E-state index contributed by atoms with van der Waals surface area (Å²) in [6.07, 6.45) is 2.25. The molecule has 4 N–H and O–H groups in total. The standard InChI is InChI=1S/C21H26N4O4S/c1-4-14-22-21(27)24-18-10-8-17(9-11-18)23-20(26)16-6-12-19(13-7-16)30(28,29)25-15(3)5-2/h4,6-13,15,25H,1,5,14H2,2-3H3,(H,23,26)(H2,22,24,27). The molecule has 0 saturated heterocycles. The summed E-state index contributed by atoms with van der Waals surface area (Å²) in [6.45, 7) is 7.55. The summed E-state index contributed by atoms with van der Waals surface area (Å²) in [5.41, 5.74) is 1.42. The van der Waals surface area contributed by atoms with E-state index in [9.17, 15) is 18.0 Å². The largest absolute Gasteiger partial charge is 0.334 e. The normalized spacial score (nSPS) is 11.9. The van der Waals surface area contributed by atoms with Gasteiger partial charge in [-0.2, -0.15) is 0 Å². The molecule has 2 aromatic rings. The Morgan fingerprint density at radius 1 is 1.00 bits per heavy atom. The van der Waals surface area contributed by atoms with Gasteiger partial charge in [0.05, 0.1) is 4.90 Å². The van der Waals surface area contributed by atoms with Crippen LogP contribution in [0.5, 0.6) is 0 Å². The second-order valence-corrected chi connectivity index (χ2v) is 8.32. The predicted molar refractivity (Wildman–Crippen MR) is 118 cm³/mol. The van der Waals surface area contributed by atoms with Gasteiger partial charge in [-0.25, -0.2) is 17.9 Å². The number of sulfonamides is 1. The van der Waals surface area contributed by atoms with Gasteiger partial charge in [0.1, 0.15) is 0 Å². The topological polar surface area (TPSA) is 116 Å². The molecule has 0 saturated carbocycles. The number of hydrogen-bond donors (Lipinski definition) is 4. The number of carbonyl (C=O) groups is 2. The van der Waals surface area contributed by atoms with Crippen molar-refractivity contribution in [3.8, 4) is 0 Å². The van der Waals surface area contributed by atoms with Crippen LogP contribution in [0.3, 0.4) is 0 Å². The first-order chi connectivity index (χ1) is 14.2. The third kappa shape index (κ3) is 6.71. The number of anilines is 2. The van der Waals surface area contributed by atoms with Gasteiger partial charge in [-0.15, -0.1) is 6.58 Å². The highest BCUT2D eigenvalue weighted by Gasteiger charge is 2.17. The van der Waals surface area contributed by atoms with Crippen molar-refractivity contribution in [1.29, 1.82) is 0 Å². The van der Waals surface area contributed by atoms with Crippen LogP contribution in [0.1, 0.15) is 30.6 Å². The van der Waals surface area contributed by atoms with Gasteiger partial charge in [-0.3, -0.25) is 4.79 Å². The number of hydrogen-bond acceptors (Lipinski definition) is 4. The zero-order chi connectivity index (χ0) is 22.1. The summed E-state index contributed by atoms with van der Waals surface area (Å²) in [4.78, 5) is 24.1. The van der Waals surface area contributed by atoms with Gasteiger partial charge >= 0.3 is 6.03 Å². The Labute approximate surface area is 176 Å². The molecule has 0 radical (unpaired) electrons. The molecule has 8 nitrogen and oxygen atoms in total. The van der Waals surface area contributed by atoms with E-state index in [1.807, 2.05) is 6.92 Å². The van der Waals surface area contributed by atoms with Crippen molar-refractivity contribution in [2.24, 2.45) is 0 Å². The number of urea groups is 1. The van der Waals surface area contributed by atoms with Crippen LogP contribution in [-0.4, -0.2) is 32.9 Å². The van der Waals surface area contributed by atoms with Crippen LogP contribution in [0.25, 0.3) is 0 Å². The van der Waals surface area contributed by atoms with Crippen LogP contribution in [-0.2, 0) is 10.0 Å². The molecular formula is C21H26N4O4S. The van der Waals surface area contributed by atoms with Gasteiger partial charge in [0, 0.05) is 29.5 Å². The Hall–Kier alpha value is -3.17. The van der Waals surface area contributed by atoms with Crippen molar-refractivity contribution in [3.63, 3.8) is 0 Å². The van der Waals surface area contributed by atoms with E-state index in [2.05, 4.69) is 27.3 Å². The Bertz CT molecular complexity index is 987. The van der Waals surface area contributed by atoms with E-state index in [1.165, 1.54) is 24.3 Å². The molecule has 2 rings (SSSR count). The molecule has 0 aliphatic carbocycles. The lowest BCUT2D eigenvalue weighted by molar-refractivity contribution is 0.102. The first-order valence-corrected chi connectivity index (χ1v) is 10.9. The van der Waals surface area contributed by atoms with Crippen LogP contribution in [0.2, 0.25) is 0 Å². The van der Waals surface area contributed by atoms with Crippen molar-refractivity contribution in [2.75, 3.05) is 17.2 Å². The average molecular weight is 431 g/mol. The van der Waals surface area contributed by atoms with Gasteiger partial charge in [-0.05, 0) is 61.9 Å². The van der Waals surface area contributed by atoms with Gasteiger partial charge in [0.25, 0.3) is 5.91 Å². The maximum absolute atomic E-state index is 12.4. The molecule has 2 aromatic carbocycles. The lowest BCUT2D eigenvalue weighted by atomic mass is 10.2. The summed E-state index contributed by atoms with van der Waals surface area (Å²) in [7, 11) is -3.62. The zero-order valence-electron chi connectivity index (χ0n) is 16.9. The van der Waals surface area contributed by atoms with Gasteiger partial charge < -0.3 is 16.0 Å². The van der Waals surface area contributed by atoms with Crippen LogP contribution < -0.4 is 20.7 Å². The number of amides is 3. The zero-order valence-corrected chi connectivity index (χ0v) is 17.8. The molecule has 0 heterocycles.